The molecule has 1 aromatic heterocycles. The summed E-state index contributed by atoms with van der Waals surface area (Å²) < 4.78 is 0. The molecular formula is C15H23ClN2. The average molecular weight is 267 g/mol. The van der Waals surface area contributed by atoms with Gasteiger partial charge in [-0.3, -0.25) is 0 Å². The summed E-state index contributed by atoms with van der Waals surface area (Å²) >= 11 is 5.79. The fourth-order valence-corrected chi connectivity index (χ4v) is 3.01. The van der Waals surface area contributed by atoms with Gasteiger partial charge in [0.15, 0.2) is 0 Å². The highest BCUT2D eigenvalue weighted by Gasteiger charge is 2.31. The van der Waals surface area contributed by atoms with Gasteiger partial charge in [-0.05, 0) is 29.9 Å². The van der Waals surface area contributed by atoms with Crippen LogP contribution in [0.5, 0.6) is 0 Å². The van der Waals surface area contributed by atoms with Crippen molar-refractivity contribution >= 4 is 17.4 Å². The summed E-state index contributed by atoms with van der Waals surface area (Å²) in [5.74, 6) is 1.65. The first-order chi connectivity index (χ1) is 8.73. The molecule has 0 radical (unpaired) electrons. The van der Waals surface area contributed by atoms with Gasteiger partial charge in [-0.2, -0.15) is 0 Å². The number of halogens is 1. The quantitative estimate of drug-likeness (QED) is 0.759. The van der Waals surface area contributed by atoms with Gasteiger partial charge >= 0.3 is 0 Å². The third-order valence-corrected chi connectivity index (χ3v) is 4.92. The highest BCUT2D eigenvalue weighted by Crippen LogP contribution is 2.38. The summed E-state index contributed by atoms with van der Waals surface area (Å²) in [5.41, 5.74) is 1.67. The molecular weight excluding hydrogens is 244 g/mol. The summed E-state index contributed by atoms with van der Waals surface area (Å²) in [5, 5.41) is 0. The number of anilines is 1. The van der Waals surface area contributed by atoms with Crippen LogP contribution < -0.4 is 4.90 Å². The molecule has 0 saturated carbocycles. The summed E-state index contributed by atoms with van der Waals surface area (Å²) in [6, 6.07) is 4.18. The maximum Gasteiger partial charge on any atom is 0.128 e. The Morgan fingerprint density at radius 3 is 2.33 bits per heavy atom. The lowest BCUT2D eigenvalue weighted by Gasteiger charge is -2.41. The molecule has 1 aliphatic heterocycles. The maximum absolute atomic E-state index is 5.79. The van der Waals surface area contributed by atoms with Gasteiger partial charge in [0, 0.05) is 25.2 Å². The van der Waals surface area contributed by atoms with Crippen LogP contribution in [0.25, 0.3) is 0 Å². The van der Waals surface area contributed by atoms with Gasteiger partial charge in [-0.25, -0.2) is 4.98 Å². The van der Waals surface area contributed by atoms with Crippen LogP contribution in [0.15, 0.2) is 18.3 Å². The molecule has 0 amide bonds. The van der Waals surface area contributed by atoms with E-state index in [0.29, 0.717) is 11.3 Å². The van der Waals surface area contributed by atoms with Crippen molar-refractivity contribution in [1.29, 1.82) is 0 Å². The zero-order valence-corrected chi connectivity index (χ0v) is 12.2. The number of nitrogens with zero attached hydrogens (tertiary/aromatic N) is 2. The molecule has 2 rings (SSSR count). The van der Waals surface area contributed by atoms with Crippen molar-refractivity contribution in [2.45, 2.75) is 45.4 Å². The number of rotatable bonds is 4. The standard InChI is InChI=1S/C15H23ClN2/c1-3-15(4-2)7-9-18(10-8-15)14-6-5-13(11-16)12-17-14/h5-6,12H,3-4,7-11H2,1-2H3. The van der Waals surface area contributed by atoms with Crippen LogP contribution >= 0.6 is 11.6 Å². The first-order valence-corrected chi connectivity index (χ1v) is 7.52. The van der Waals surface area contributed by atoms with Crippen LogP contribution in [0.1, 0.15) is 45.1 Å². The molecule has 1 aliphatic rings. The van der Waals surface area contributed by atoms with Crippen LogP contribution in [0.4, 0.5) is 5.82 Å². The number of aromatic nitrogens is 1. The third-order valence-electron chi connectivity index (χ3n) is 4.61. The van der Waals surface area contributed by atoms with Gasteiger partial charge in [0.2, 0.25) is 0 Å². The first-order valence-electron chi connectivity index (χ1n) is 6.99. The number of piperidine rings is 1. The number of hydrogen-bond donors (Lipinski definition) is 0. The Morgan fingerprint density at radius 1 is 1.22 bits per heavy atom. The topological polar surface area (TPSA) is 16.1 Å². The minimum Gasteiger partial charge on any atom is -0.357 e. The molecule has 0 spiro atoms. The molecule has 0 N–H and O–H groups in total. The molecule has 2 nitrogen and oxygen atoms in total. The van der Waals surface area contributed by atoms with E-state index in [9.17, 15) is 0 Å². The van der Waals surface area contributed by atoms with Gasteiger partial charge < -0.3 is 4.90 Å². The molecule has 18 heavy (non-hydrogen) atoms. The number of pyridine rings is 1. The summed E-state index contributed by atoms with van der Waals surface area (Å²) in [6.07, 6.45) is 7.08. The Hall–Kier alpha value is -0.760. The monoisotopic (exact) mass is 266 g/mol. The van der Waals surface area contributed by atoms with Crippen LogP contribution in [0.2, 0.25) is 0 Å². The van der Waals surface area contributed by atoms with E-state index in [1.54, 1.807) is 0 Å². The zero-order valence-electron chi connectivity index (χ0n) is 11.5. The summed E-state index contributed by atoms with van der Waals surface area (Å²) in [7, 11) is 0. The van der Waals surface area contributed by atoms with Crippen molar-refractivity contribution in [3.8, 4) is 0 Å². The van der Waals surface area contributed by atoms with Crippen LogP contribution in [-0.2, 0) is 5.88 Å². The van der Waals surface area contributed by atoms with Crippen molar-refractivity contribution < 1.29 is 0 Å². The van der Waals surface area contributed by atoms with Crippen molar-refractivity contribution in [3.05, 3.63) is 23.9 Å². The Bertz CT molecular complexity index is 361. The highest BCUT2D eigenvalue weighted by atomic mass is 35.5. The lowest BCUT2D eigenvalue weighted by atomic mass is 9.74. The molecule has 0 aliphatic carbocycles. The normalized spacial score (nSPS) is 18.9. The Kier molecular flexibility index (Phi) is 4.50. The molecule has 0 unspecified atom stereocenters. The molecule has 2 heterocycles. The fourth-order valence-electron chi connectivity index (χ4n) is 2.85. The second-order valence-electron chi connectivity index (χ2n) is 5.35. The minimum absolute atomic E-state index is 0.544. The Balaban J connectivity index is 2.00. The highest BCUT2D eigenvalue weighted by molar-refractivity contribution is 6.17. The average Bonchev–Trinajstić information content (AvgIpc) is 2.47. The van der Waals surface area contributed by atoms with Crippen molar-refractivity contribution in [1.82, 2.24) is 4.98 Å². The van der Waals surface area contributed by atoms with Crippen LogP contribution in [-0.4, -0.2) is 18.1 Å². The van der Waals surface area contributed by atoms with E-state index in [2.05, 4.69) is 35.9 Å². The maximum atomic E-state index is 5.79. The number of hydrogen-bond acceptors (Lipinski definition) is 2. The summed E-state index contributed by atoms with van der Waals surface area (Å²) in [4.78, 5) is 6.92. The molecule has 1 saturated heterocycles. The van der Waals surface area contributed by atoms with Gasteiger partial charge in [-0.1, -0.05) is 32.8 Å². The summed E-state index contributed by atoms with van der Waals surface area (Å²) in [6.45, 7) is 6.92. The lowest BCUT2D eigenvalue weighted by Crippen LogP contribution is -2.40. The SMILES string of the molecule is CCC1(CC)CCN(c2ccc(CCl)cn2)CC1. The molecule has 100 valence electrons. The van der Waals surface area contributed by atoms with E-state index < -0.39 is 0 Å². The molecule has 0 bridgehead atoms. The van der Waals surface area contributed by atoms with E-state index in [0.717, 1.165) is 24.5 Å². The smallest absolute Gasteiger partial charge is 0.128 e. The van der Waals surface area contributed by atoms with Crippen LogP contribution in [0.3, 0.4) is 0 Å². The van der Waals surface area contributed by atoms with E-state index in [-0.39, 0.29) is 0 Å². The van der Waals surface area contributed by atoms with Crippen molar-refractivity contribution in [3.63, 3.8) is 0 Å². The zero-order chi connectivity index (χ0) is 13.0. The van der Waals surface area contributed by atoms with Gasteiger partial charge in [0.05, 0.1) is 0 Å². The third kappa shape index (κ3) is 2.80. The van der Waals surface area contributed by atoms with Gasteiger partial charge in [-0.15, -0.1) is 11.6 Å². The van der Waals surface area contributed by atoms with Crippen molar-refractivity contribution in [2.24, 2.45) is 5.41 Å². The molecule has 0 aromatic carbocycles. The first kappa shape index (κ1) is 13.7. The minimum atomic E-state index is 0.544. The van der Waals surface area contributed by atoms with E-state index >= 15 is 0 Å². The second-order valence-corrected chi connectivity index (χ2v) is 5.62. The van der Waals surface area contributed by atoms with Crippen LogP contribution in [0, 0.1) is 5.41 Å². The fraction of sp³-hybridized carbons (Fsp3) is 0.667. The molecule has 0 atom stereocenters. The molecule has 1 aromatic rings. The van der Waals surface area contributed by atoms with E-state index in [4.69, 9.17) is 11.6 Å². The van der Waals surface area contributed by atoms with Crippen molar-refractivity contribution in [2.75, 3.05) is 18.0 Å². The van der Waals surface area contributed by atoms with E-state index in [1.165, 1.54) is 25.7 Å². The second kappa shape index (κ2) is 5.92. The predicted molar refractivity (Wildman–Crippen MR) is 78.3 cm³/mol. The van der Waals surface area contributed by atoms with Gasteiger partial charge in [0.1, 0.15) is 5.82 Å². The Morgan fingerprint density at radius 2 is 1.89 bits per heavy atom. The predicted octanol–water partition coefficient (Wildman–Crippen LogP) is 4.23. The largest absolute Gasteiger partial charge is 0.357 e. The molecule has 3 heteroatoms. The molecule has 1 fully saturated rings. The number of alkyl halides is 1. The lowest BCUT2D eigenvalue weighted by molar-refractivity contribution is 0.199. The van der Waals surface area contributed by atoms with E-state index in [1.807, 2.05) is 6.20 Å². The van der Waals surface area contributed by atoms with Gasteiger partial charge in [0.25, 0.3) is 0 Å². The Labute approximate surface area is 115 Å².